The molecule has 15 heavy (non-hydrogen) atoms. The van der Waals surface area contributed by atoms with Gasteiger partial charge >= 0.3 is 8.56 Å². The molecule has 0 rings (SSSR count). The van der Waals surface area contributed by atoms with Gasteiger partial charge in [0.1, 0.15) is 0 Å². The van der Waals surface area contributed by atoms with E-state index in [0.717, 1.165) is 19.4 Å². The van der Waals surface area contributed by atoms with Crippen molar-refractivity contribution in [2.75, 3.05) is 6.61 Å². The molecule has 0 aromatic heterocycles. The van der Waals surface area contributed by atoms with Crippen LogP contribution in [0.1, 0.15) is 47.0 Å². The highest BCUT2D eigenvalue weighted by Gasteiger charge is 2.27. The highest BCUT2D eigenvalue weighted by molar-refractivity contribution is 6.64. The fraction of sp³-hybridized carbons (Fsp3) is 1.00. The fourth-order valence-electron chi connectivity index (χ4n) is 1.69. The van der Waals surface area contributed by atoms with Crippen molar-refractivity contribution in [2.45, 2.75) is 66.2 Å². The van der Waals surface area contributed by atoms with E-state index >= 15 is 0 Å². The lowest BCUT2D eigenvalue weighted by Gasteiger charge is -2.27. The zero-order valence-corrected chi connectivity index (χ0v) is 12.3. The molecule has 0 aliphatic carbocycles. The summed E-state index contributed by atoms with van der Waals surface area (Å²) in [7, 11) is -1.87. The molecule has 1 unspecified atom stereocenters. The summed E-state index contributed by atoms with van der Waals surface area (Å²) in [5.74, 6) is 0.695. The Morgan fingerprint density at radius 2 is 1.73 bits per heavy atom. The lowest BCUT2D eigenvalue weighted by atomic mass is 10.1. The topological polar surface area (TPSA) is 18.5 Å². The van der Waals surface area contributed by atoms with Crippen LogP contribution in [0.25, 0.3) is 0 Å². The number of unbranched alkanes of at least 4 members (excludes halogenated alkanes) is 1. The minimum atomic E-state index is -1.87. The van der Waals surface area contributed by atoms with Gasteiger partial charge in [-0.3, -0.25) is 0 Å². The lowest BCUT2D eigenvalue weighted by Crippen LogP contribution is -2.38. The van der Waals surface area contributed by atoms with E-state index in [1.807, 2.05) is 0 Å². The molecule has 0 aromatic rings. The Morgan fingerprint density at radius 3 is 2.20 bits per heavy atom. The second-order valence-corrected chi connectivity index (χ2v) is 8.48. The van der Waals surface area contributed by atoms with Crippen molar-refractivity contribution < 1.29 is 8.85 Å². The third-order valence-electron chi connectivity index (χ3n) is 2.24. The summed E-state index contributed by atoms with van der Waals surface area (Å²) < 4.78 is 11.9. The second-order valence-electron chi connectivity index (χ2n) is 5.16. The highest BCUT2D eigenvalue weighted by atomic mass is 28.4. The maximum absolute atomic E-state index is 6.01. The van der Waals surface area contributed by atoms with Crippen LogP contribution in [0.15, 0.2) is 0 Å². The van der Waals surface area contributed by atoms with Crippen LogP contribution in [0.3, 0.4) is 0 Å². The monoisotopic (exact) mass is 232 g/mol. The van der Waals surface area contributed by atoms with E-state index in [-0.39, 0.29) is 0 Å². The van der Waals surface area contributed by atoms with Gasteiger partial charge in [-0.25, -0.2) is 0 Å². The van der Waals surface area contributed by atoms with Crippen molar-refractivity contribution in [2.24, 2.45) is 5.92 Å². The molecule has 0 aromatic carbocycles. The van der Waals surface area contributed by atoms with Gasteiger partial charge in [-0.15, -0.1) is 0 Å². The van der Waals surface area contributed by atoms with Gasteiger partial charge in [-0.1, -0.05) is 27.2 Å². The van der Waals surface area contributed by atoms with Gasteiger partial charge in [0, 0.05) is 12.7 Å². The van der Waals surface area contributed by atoms with Crippen LogP contribution in [0.2, 0.25) is 13.1 Å². The van der Waals surface area contributed by atoms with Crippen LogP contribution in [-0.4, -0.2) is 21.3 Å². The maximum atomic E-state index is 6.01. The summed E-state index contributed by atoms with van der Waals surface area (Å²) >= 11 is 0. The smallest absolute Gasteiger partial charge is 0.331 e. The third kappa shape index (κ3) is 9.09. The molecule has 0 saturated carbocycles. The molecule has 0 radical (unpaired) electrons. The first kappa shape index (κ1) is 15.1. The molecule has 0 aliphatic heterocycles. The first-order valence-electron chi connectivity index (χ1n) is 6.19. The summed E-state index contributed by atoms with van der Waals surface area (Å²) in [4.78, 5) is 0. The van der Waals surface area contributed by atoms with Crippen LogP contribution in [0.4, 0.5) is 0 Å². The maximum Gasteiger partial charge on any atom is 0.331 e. The highest BCUT2D eigenvalue weighted by Crippen LogP contribution is 2.15. The Labute approximate surface area is 96.6 Å². The van der Waals surface area contributed by atoms with E-state index < -0.39 is 8.56 Å². The first-order chi connectivity index (χ1) is 6.87. The predicted octanol–water partition coefficient (Wildman–Crippen LogP) is 3.96. The molecule has 0 aliphatic rings. The second kappa shape index (κ2) is 7.42. The number of hydrogen-bond acceptors (Lipinski definition) is 2. The summed E-state index contributed by atoms with van der Waals surface area (Å²) in [6.07, 6.45) is 3.77. The summed E-state index contributed by atoms with van der Waals surface area (Å²) in [6, 6.07) is 0. The van der Waals surface area contributed by atoms with E-state index in [1.54, 1.807) is 0 Å². The molecule has 0 spiro atoms. The normalized spacial score (nSPS) is 14.6. The third-order valence-corrected chi connectivity index (χ3v) is 4.11. The molecule has 1 atom stereocenters. The summed E-state index contributed by atoms with van der Waals surface area (Å²) in [5, 5.41) is 0. The Balaban J connectivity index is 3.79. The van der Waals surface area contributed by atoms with Crippen molar-refractivity contribution >= 4 is 8.56 Å². The minimum absolute atomic E-state index is 0.327. The summed E-state index contributed by atoms with van der Waals surface area (Å²) in [6.45, 7) is 13.9. The fourth-order valence-corrected chi connectivity index (χ4v) is 3.46. The van der Waals surface area contributed by atoms with Gasteiger partial charge in [-0.05, 0) is 38.8 Å². The van der Waals surface area contributed by atoms with Gasteiger partial charge in [0.2, 0.25) is 0 Å². The van der Waals surface area contributed by atoms with Crippen molar-refractivity contribution in [3.63, 3.8) is 0 Å². The number of hydrogen-bond donors (Lipinski definition) is 0. The molecule has 0 saturated heterocycles. The summed E-state index contributed by atoms with van der Waals surface area (Å²) in [5.41, 5.74) is 0. The molecule has 3 heteroatoms. The lowest BCUT2D eigenvalue weighted by molar-refractivity contribution is 0.116. The molecule has 0 fully saturated rings. The van der Waals surface area contributed by atoms with Gasteiger partial charge in [0.25, 0.3) is 0 Å². The Kier molecular flexibility index (Phi) is 7.48. The Bertz CT molecular complexity index is 158. The van der Waals surface area contributed by atoms with Gasteiger partial charge in [0.15, 0.2) is 0 Å². The molecule has 0 heterocycles. The SMILES string of the molecule is CCCCO[Si](C)(C)OC(C)CC(C)C. The van der Waals surface area contributed by atoms with E-state index in [9.17, 15) is 0 Å². The largest absolute Gasteiger partial charge is 0.395 e. The van der Waals surface area contributed by atoms with Crippen molar-refractivity contribution in [3.8, 4) is 0 Å². The zero-order valence-electron chi connectivity index (χ0n) is 11.3. The van der Waals surface area contributed by atoms with Crippen LogP contribution in [0, 0.1) is 5.92 Å². The van der Waals surface area contributed by atoms with E-state index in [4.69, 9.17) is 8.85 Å². The van der Waals surface area contributed by atoms with E-state index in [2.05, 4.69) is 40.8 Å². The number of rotatable bonds is 8. The molecular formula is C12H28O2Si. The average Bonchev–Trinajstić information content (AvgIpc) is 2.00. The minimum Gasteiger partial charge on any atom is -0.395 e. The molecule has 0 bridgehead atoms. The van der Waals surface area contributed by atoms with Crippen molar-refractivity contribution in [1.82, 2.24) is 0 Å². The average molecular weight is 232 g/mol. The standard InChI is InChI=1S/C12H28O2Si/c1-7-8-9-13-15(5,6)14-12(4)10-11(2)3/h11-12H,7-10H2,1-6H3. The Hall–Kier alpha value is 0.137. The van der Waals surface area contributed by atoms with Crippen LogP contribution >= 0.6 is 0 Å². The first-order valence-corrected chi connectivity index (χ1v) is 9.00. The zero-order chi connectivity index (χ0) is 11.9. The molecule has 0 amide bonds. The molecule has 2 nitrogen and oxygen atoms in total. The quantitative estimate of drug-likeness (QED) is 0.466. The molecular weight excluding hydrogens is 204 g/mol. The molecule has 92 valence electrons. The van der Waals surface area contributed by atoms with E-state index in [0.29, 0.717) is 12.0 Å². The predicted molar refractivity (Wildman–Crippen MR) is 68.3 cm³/mol. The van der Waals surface area contributed by atoms with Crippen molar-refractivity contribution in [1.29, 1.82) is 0 Å². The Morgan fingerprint density at radius 1 is 1.13 bits per heavy atom. The van der Waals surface area contributed by atoms with Gasteiger partial charge in [0.05, 0.1) is 0 Å². The van der Waals surface area contributed by atoms with Crippen molar-refractivity contribution in [3.05, 3.63) is 0 Å². The van der Waals surface area contributed by atoms with Crippen LogP contribution in [-0.2, 0) is 8.85 Å². The van der Waals surface area contributed by atoms with Crippen LogP contribution in [0.5, 0.6) is 0 Å². The molecule has 0 N–H and O–H groups in total. The van der Waals surface area contributed by atoms with Gasteiger partial charge in [-0.2, -0.15) is 0 Å². The van der Waals surface area contributed by atoms with Gasteiger partial charge < -0.3 is 8.85 Å². The van der Waals surface area contributed by atoms with Crippen LogP contribution < -0.4 is 0 Å². The van der Waals surface area contributed by atoms with E-state index in [1.165, 1.54) is 6.42 Å².